The highest BCUT2D eigenvalue weighted by Crippen LogP contribution is 2.24. The first kappa shape index (κ1) is 19.2. The average Bonchev–Trinajstić information content (AvgIpc) is 3.15. The topological polar surface area (TPSA) is 63.9 Å². The number of anilines is 1. The van der Waals surface area contributed by atoms with E-state index in [9.17, 15) is 9.18 Å². The van der Waals surface area contributed by atoms with Crippen LogP contribution in [0, 0.1) is 12.7 Å². The van der Waals surface area contributed by atoms with Gasteiger partial charge in [0.2, 0.25) is 0 Å². The number of halogens is 1. The van der Waals surface area contributed by atoms with E-state index in [1.807, 2.05) is 36.1 Å². The minimum atomic E-state index is -0.429. The van der Waals surface area contributed by atoms with E-state index in [-0.39, 0.29) is 5.78 Å². The number of aryl methyl sites for hydroxylation is 1. The third kappa shape index (κ3) is 4.04. The van der Waals surface area contributed by atoms with Gasteiger partial charge in [-0.2, -0.15) is 5.10 Å². The average molecular weight is 393 g/mol. The van der Waals surface area contributed by atoms with E-state index in [1.54, 1.807) is 10.7 Å². The molecule has 0 bridgehead atoms. The van der Waals surface area contributed by atoms with Gasteiger partial charge in [-0.3, -0.25) is 9.48 Å². The lowest BCUT2D eigenvalue weighted by Crippen LogP contribution is -2.31. The van der Waals surface area contributed by atoms with Crippen molar-refractivity contribution in [3.63, 3.8) is 0 Å². The van der Waals surface area contributed by atoms with Crippen LogP contribution in [0.3, 0.4) is 0 Å². The van der Waals surface area contributed by atoms with Crippen molar-refractivity contribution in [1.29, 1.82) is 0 Å². The predicted octanol–water partition coefficient (Wildman–Crippen LogP) is 4.03. The molecule has 7 heteroatoms. The van der Waals surface area contributed by atoms with Crippen LogP contribution in [0.15, 0.2) is 36.5 Å². The largest absolute Gasteiger partial charge is 0.354 e. The van der Waals surface area contributed by atoms with Crippen LogP contribution in [0.4, 0.5) is 10.2 Å². The van der Waals surface area contributed by atoms with Crippen LogP contribution in [0.2, 0.25) is 0 Å². The van der Waals surface area contributed by atoms with E-state index in [1.165, 1.54) is 13.1 Å². The standard InChI is InChI=1S/C22H24FN5O/c1-15-8-4-5-9-17(15)14-28-20(16(2)29)12-19(26-28)21-24-13-18(23)22(25-21)27-10-6-3-7-11-27/h4-5,8-9,12-13H,3,6-7,10-11,14H2,1-2H3. The van der Waals surface area contributed by atoms with Crippen LogP contribution in [0.25, 0.3) is 11.5 Å². The van der Waals surface area contributed by atoms with Gasteiger partial charge in [-0.25, -0.2) is 14.4 Å². The monoisotopic (exact) mass is 393 g/mol. The summed E-state index contributed by atoms with van der Waals surface area (Å²) in [6, 6.07) is 9.68. The van der Waals surface area contributed by atoms with Gasteiger partial charge in [0.25, 0.3) is 0 Å². The van der Waals surface area contributed by atoms with E-state index < -0.39 is 5.82 Å². The Balaban J connectivity index is 1.70. The maximum Gasteiger partial charge on any atom is 0.183 e. The molecule has 0 atom stereocenters. The number of aromatic nitrogens is 4. The van der Waals surface area contributed by atoms with E-state index in [2.05, 4.69) is 15.1 Å². The molecule has 1 saturated heterocycles. The summed E-state index contributed by atoms with van der Waals surface area (Å²) in [6.45, 7) is 5.59. The number of benzene rings is 1. The Kier molecular flexibility index (Phi) is 5.38. The summed E-state index contributed by atoms with van der Waals surface area (Å²) < 4.78 is 16.0. The fourth-order valence-electron chi connectivity index (χ4n) is 3.69. The highest BCUT2D eigenvalue weighted by Gasteiger charge is 2.20. The molecule has 4 rings (SSSR count). The third-order valence-electron chi connectivity index (χ3n) is 5.33. The van der Waals surface area contributed by atoms with Crippen molar-refractivity contribution in [2.24, 2.45) is 0 Å². The zero-order valence-corrected chi connectivity index (χ0v) is 16.7. The summed E-state index contributed by atoms with van der Waals surface area (Å²) in [5.41, 5.74) is 3.17. The summed E-state index contributed by atoms with van der Waals surface area (Å²) in [5.74, 6) is 0.128. The molecule has 0 unspecified atom stereocenters. The first-order valence-corrected chi connectivity index (χ1v) is 9.94. The van der Waals surface area contributed by atoms with Gasteiger partial charge in [0.05, 0.1) is 12.7 Å². The highest BCUT2D eigenvalue weighted by atomic mass is 19.1. The second-order valence-corrected chi connectivity index (χ2v) is 7.47. The fraction of sp³-hybridized carbons (Fsp3) is 0.364. The molecular formula is C22H24FN5O. The molecule has 29 heavy (non-hydrogen) atoms. The lowest BCUT2D eigenvalue weighted by molar-refractivity contribution is 0.100. The molecule has 0 aliphatic carbocycles. The normalized spacial score (nSPS) is 14.2. The SMILES string of the molecule is CC(=O)c1cc(-c2ncc(F)c(N3CCCCC3)n2)nn1Cc1ccccc1C. The molecule has 0 N–H and O–H groups in total. The zero-order valence-electron chi connectivity index (χ0n) is 16.7. The minimum Gasteiger partial charge on any atom is -0.354 e. The summed E-state index contributed by atoms with van der Waals surface area (Å²) in [6.07, 6.45) is 4.40. The third-order valence-corrected chi connectivity index (χ3v) is 5.33. The summed E-state index contributed by atoms with van der Waals surface area (Å²) >= 11 is 0. The molecule has 3 heterocycles. The van der Waals surface area contributed by atoms with Crippen LogP contribution in [-0.2, 0) is 6.54 Å². The van der Waals surface area contributed by atoms with E-state index in [0.29, 0.717) is 29.6 Å². The first-order valence-electron chi connectivity index (χ1n) is 9.94. The summed E-state index contributed by atoms with van der Waals surface area (Å²) in [5, 5.41) is 4.58. The number of carbonyl (C=O) groups is 1. The van der Waals surface area contributed by atoms with Crippen LogP contribution in [-0.4, -0.2) is 38.6 Å². The maximum atomic E-state index is 14.4. The number of carbonyl (C=O) groups excluding carboxylic acids is 1. The van der Waals surface area contributed by atoms with Gasteiger partial charge >= 0.3 is 0 Å². The van der Waals surface area contributed by atoms with E-state index >= 15 is 0 Å². The first-order chi connectivity index (χ1) is 14.0. The Morgan fingerprint density at radius 3 is 2.66 bits per heavy atom. The fourth-order valence-corrected chi connectivity index (χ4v) is 3.69. The molecule has 1 aliphatic rings. The van der Waals surface area contributed by atoms with Crippen LogP contribution in [0.5, 0.6) is 0 Å². The van der Waals surface area contributed by atoms with E-state index in [4.69, 9.17) is 0 Å². The van der Waals surface area contributed by atoms with Gasteiger partial charge in [0.15, 0.2) is 23.2 Å². The van der Waals surface area contributed by atoms with Crippen LogP contribution in [0.1, 0.15) is 47.8 Å². The number of nitrogens with zero attached hydrogens (tertiary/aromatic N) is 5. The number of ketones is 1. The van der Waals surface area contributed by atoms with Crippen molar-refractivity contribution in [3.05, 3.63) is 59.2 Å². The molecule has 6 nitrogen and oxygen atoms in total. The number of hydrogen-bond acceptors (Lipinski definition) is 5. The Labute approximate surface area is 169 Å². The van der Waals surface area contributed by atoms with Crippen molar-refractivity contribution < 1.29 is 9.18 Å². The lowest BCUT2D eigenvalue weighted by Gasteiger charge is -2.27. The highest BCUT2D eigenvalue weighted by molar-refractivity contribution is 5.93. The van der Waals surface area contributed by atoms with Crippen LogP contribution >= 0.6 is 0 Å². The molecule has 2 aromatic heterocycles. The molecule has 3 aromatic rings. The Morgan fingerprint density at radius 2 is 1.93 bits per heavy atom. The van der Waals surface area contributed by atoms with Gasteiger partial charge in [-0.15, -0.1) is 0 Å². The molecule has 0 amide bonds. The molecule has 0 saturated carbocycles. The predicted molar refractivity (Wildman–Crippen MR) is 110 cm³/mol. The Bertz CT molecular complexity index is 1040. The van der Waals surface area contributed by atoms with Gasteiger partial charge in [0, 0.05) is 20.0 Å². The molecule has 150 valence electrons. The molecular weight excluding hydrogens is 369 g/mol. The van der Waals surface area contributed by atoms with Crippen molar-refractivity contribution in [3.8, 4) is 11.5 Å². The van der Waals surface area contributed by atoms with E-state index in [0.717, 1.165) is 43.5 Å². The maximum absolute atomic E-state index is 14.4. The van der Waals surface area contributed by atoms with Gasteiger partial charge in [-0.05, 0) is 43.4 Å². The van der Waals surface area contributed by atoms with Crippen molar-refractivity contribution in [2.75, 3.05) is 18.0 Å². The summed E-state index contributed by atoms with van der Waals surface area (Å²) in [4.78, 5) is 22.7. The number of hydrogen-bond donors (Lipinski definition) is 0. The van der Waals surface area contributed by atoms with Gasteiger partial charge < -0.3 is 4.90 Å². The number of Topliss-reactive ketones (excluding diaryl/α,β-unsaturated/α-hetero) is 1. The lowest BCUT2D eigenvalue weighted by atomic mass is 10.1. The van der Waals surface area contributed by atoms with Crippen molar-refractivity contribution >= 4 is 11.6 Å². The number of piperidine rings is 1. The van der Waals surface area contributed by atoms with Crippen LogP contribution < -0.4 is 4.90 Å². The van der Waals surface area contributed by atoms with Crippen molar-refractivity contribution in [2.45, 2.75) is 39.7 Å². The van der Waals surface area contributed by atoms with Gasteiger partial charge in [0.1, 0.15) is 11.4 Å². The minimum absolute atomic E-state index is 0.0873. The summed E-state index contributed by atoms with van der Waals surface area (Å²) in [7, 11) is 0. The molecule has 1 aliphatic heterocycles. The zero-order chi connectivity index (χ0) is 20.4. The Morgan fingerprint density at radius 1 is 1.17 bits per heavy atom. The van der Waals surface area contributed by atoms with Crippen molar-refractivity contribution in [1.82, 2.24) is 19.7 Å². The molecule has 1 fully saturated rings. The second-order valence-electron chi connectivity index (χ2n) is 7.47. The Hall–Kier alpha value is -3.09. The molecule has 0 radical (unpaired) electrons. The second kappa shape index (κ2) is 8.11. The van der Waals surface area contributed by atoms with Gasteiger partial charge in [-0.1, -0.05) is 24.3 Å². The smallest absolute Gasteiger partial charge is 0.183 e. The quantitative estimate of drug-likeness (QED) is 0.613. The number of rotatable bonds is 5. The molecule has 0 spiro atoms. The molecule has 1 aromatic carbocycles.